The summed E-state index contributed by atoms with van der Waals surface area (Å²) in [5.41, 5.74) is 0.849. The number of anilines is 1. The second-order valence-corrected chi connectivity index (χ2v) is 9.46. The van der Waals surface area contributed by atoms with Gasteiger partial charge in [0.2, 0.25) is 0 Å². The summed E-state index contributed by atoms with van der Waals surface area (Å²) in [5, 5.41) is 0.412. The van der Waals surface area contributed by atoms with E-state index in [0.29, 0.717) is 22.2 Å². The molecule has 9 nitrogen and oxygen atoms in total. The Morgan fingerprint density at radius 3 is 2.41 bits per heavy atom. The van der Waals surface area contributed by atoms with Gasteiger partial charge >= 0.3 is 6.01 Å². The number of carbonyl (C=O) groups excluding carboxylic acids is 1. The zero-order valence-electron chi connectivity index (χ0n) is 19.1. The molecule has 0 aliphatic rings. The van der Waals surface area contributed by atoms with E-state index in [4.69, 9.17) is 4.74 Å². The lowest BCUT2D eigenvalue weighted by Crippen LogP contribution is -2.16. The van der Waals surface area contributed by atoms with Crippen molar-refractivity contribution < 1.29 is 26.7 Å². The molecule has 12 heteroatoms. The summed E-state index contributed by atoms with van der Waals surface area (Å²) in [7, 11) is -3.01. The molecule has 37 heavy (non-hydrogen) atoms. The van der Waals surface area contributed by atoms with E-state index in [-0.39, 0.29) is 17.1 Å². The van der Waals surface area contributed by atoms with Gasteiger partial charge in [-0.25, -0.2) is 32.2 Å². The Morgan fingerprint density at radius 2 is 1.68 bits per heavy atom. The van der Waals surface area contributed by atoms with Crippen LogP contribution in [-0.4, -0.2) is 41.2 Å². The third kappa shape index (κ3) is 4.49. The van der Waals surface area contributed by atoms with Gasteiger partial charge in [-0.1, -0.05) is 18.2 Å². The van der Waals surface area contributed by atoms with Crippen LogP contribution in [0, 0.1) is 11.6 Å². The zero-order chi connectivity index (χ0) is 26.2. The molecule has 3 heterocycles. The molecule has 2 N–H and O–H groups in total. The molecule has 0 aliphatic carbocycles. The van der Waals surface area contributed by atoms with E-state index < -0.39 is 38.0 Å². The molecule has 0 bridgehead atoms. The first kappa shape index (κ1) is 24.0. The van der Waals surface area contributed by atoms with E-state index in [2.05, 4.69) is 19.9 Å². The quantitative estimate of drug-likeness (QED) is 0.305. The van der Waals surface area contributed by atoms with Crippen molar-refractivity contribution in [2.45, 2.75) is 4.90 Å². The number of ketones is 1. The molecule has 5 rings (SSSR count). The van der Waals surface area contributed by atoms with Crippen molar-refractivity contribution in [2.75, 3.05) is 11.8 Å². The number of methoxy groups -OCH3 is 1. The van der Waals surface area contributed by atoms with E-state index in [9.17, 15) is 17.6 Å². The number of ether oxygens (including phenoxy) is 1. The predicted molar refractivity (Wildman–Crippen MR) is 131 cm³/mol. The Balaban J connectivity index is 1.50. The lowest BCUT2D eigenvalue weighted by molar-refractivity contribution is 0.103. The maximum Gasteiger partial charge on any atom is 0.316 e. The van der Waals surface area contributed by atoms with Gasteiger partial charge in [-0.15, -0.1) is 0 Å². The van der Waals surface area contributed by atoms with Gasteiger partial charge in [-0.05, 0) is 30.3 Å². The van der Waals surface area contributed by atoms with Crippen LogP contribution in [0.4, 0.5) is 14.5 Å². The SMILES string of the molecule is COc1ncc(-c2cnc3[nH]cc(C(=O)c4cccc(NS(=O)(=O)c5ccccc5F)c4F)c3c2)cn1. The van der Waals surface area contributed by atoms with Crippen LogP contribution >= 0.6 is 0 Å². The molecule has 0 aliphatic heterocycles. The van der Waals surface area contributed by atoms with E-state index in [1.165, 1.54) is 50.0 Å². The van der Waals surface area contributed by atoms with E-state index in [0.717, 1.165) is 18.2 Å². The van der Waals surface area contributed by atoms with Gasteiger partial charge in [0.05, 0.1) is 18.4 Å². The van der Waals surface area contributed by atoms with Crippen molar-refractivity contribution in [1.82, 2.24) is 19.9 Å². The van der Waals surface area contributed by atoms with Gasteiger partial charge in [-0.3, -0.25) is 9.52 Å². The Hall–Kier alpha value is -4.71. The number of rotatable bonds is 7. The monoisotopic (exact) mass is 521 g/mol. The fourth-order valence-electron chi connectivity index (χ4n) is 3.71. The number of fused-ring (bicyclic) bond motifs is 1. The highest BCUT2D eigenvalue weighted by Gasteiger charge is 2.24. The minimum absolute atomic E-state index is 0.117. The number of carbonyl (C=O) groups is 1. The zero-order valence-corrected chi connectivity index (χ0v) is 19.9. The minimum atomic E-state index is -4.45. The first-order chi connectivity index (χ1) is 17.8. The van der Waals surface area contributed by atoms with Crippen LogP contribution < -0.4 is 9.46 Å². The van der Waals surface area contributed by atoms with Gasteiger partial charge in [-0.2, -0.15) is 0 Å². The first-order valence-electron chi connectivity index (χ1n) is 10.7. The number of nitrogens with one attached hydrogen (secondary N) is 2. The number of aromatic nitrogens is 4. The first-order valence-corrected chi connectivity index (χ1v) is 12.2. The second-order valence-electron chi connectivity index (χ2n) is 7.81. The van der Waals surface area contributed by atoms with Crippen LogP contribution in [0.2, 0.25) is 0 Å². The van der Waals surface area contributed by atoms with Crippen LogP contribution in [0.1, 0.15) is 15.9 Å². The highest BCUT2D eigenvalue weighted by molar-refractivity contribution is 7.92. The molecule has 0 unspecified atom stereocenters. The maximum atomic E-state index is 15.4. The number of benzene rings is 2. The standard InChI is InChI=1S/C25H17F2N5O4S/c1-36-25-30-11-15(12-31-25)14-9-17-18(13-29-24(17)28-10-14)23(33)16-5-4-7-20(22(16)27)32-37(34,35)21-8-3-2-6-19(21)26/h2-13,32H,1H3,(H,28,29). The van der Waals surface area contributed by atoms with Crippen molar-refractivity contribution in [3.63, 3.8) is 0 Å². The average Bonchev–Trinajstić information content (AvgIpc) is 3.33. The number of halogens is 2. The molecular formula is C25H17F2N5O4S. The van der Waals surface area contributed by atoms with Crippen LogP contribution in [0.15, 0.2) is 78.2 Å². The van der Waals surface area contributed by atoms with Crippen molar-refractivity contribution in [3.05, 3.63) is 96.1 Å². The Kier molecular flexibility index (Phi) is 6.09. The Labute approximate surface area is 209 Å². The van der Waals surface area contributed by atoms with Crippen molar-refractivity contribution >= 4 is 32.5 Å². The van der Waals surface area contributed by atoms with Crippen molar-refractivity contribution in [1.29, 1.82) is 0 Å². The number of H-pyrrole nitrogens is 1. The van der Waals surface area contributed by atoms with Gasteiger partial charge in [0.1, 0.15) is 16.4 Å². The third-order valence-electron chi connectivity index (χ3n) is 5.53. The second kappa shape index (κ2) is 9.39. The molecule has 0 spiro atoms. The topological polar surface area (TPSA) is 127 Å². The molecule has 0 amide bonds. The molecule has 3 aromatic heterocycles. The highest BCUT2D eigenvalue weighted by atomic mass is 32.2. The molecule has 186 valence electrons. The number of nitrogens with zero attached hydrogens (tertiary/aromatic N) is 3. The molecule has 0 radical (unpaired) electrons. The van der Waals surface area contributed by atoms with Crippen LogP contribution in [-0.2, 0) is 10.0 Å². The molecule has 0 saturated carbocycles. The number of aromatic amines is 1. The smallest absolute Gasteiger partial charge is 0.316 e. The number of hydrogen-bond acceptors (Lipinski definition) is 7. The largest absolute Gasteiger partial charge is 0.467 e. The van der Waals surface area contributed by atoms with E-state index in [1.54, 1.807) is 12.3 Å². The average molecular weight is 522 g/mol. The summed E-state index contributed by atoms with van der Waals surface area (Å²) in [6.45, 7) is 0. The molecule has 5 aromatic rings. The number of pyridine rings is 1. The summed E-state index contributed by atoms with van der Waals surface area (Å²) < 4.78 is 61.7. The van der Waals surface area contributed by atoms with Gasteiger partial charge in [0.15, 0.2) is 11.6 Å². The molecule has 0 atom stereocenters. The summed E-state index contributed by atoms with van der Waals surface area (Å²) >= 11 is 0. The lowest BCUT2D eigenvalue weighted by Gasteiger charge is -2.11. The number of hydrogen-bond donors (Lipinski definition) is 2. The summed E-state index contributed by atoms with van der Waals surface area (Å²) in [4.78, 5) is 28.0. The minimum Gasteiger partial charge on any atom is -0.467 e. The van der Waals surface area contributed by atoms with Crippen molar-refractivity contribution in [3.8, 4) is 17.1 Å². The van der Waals surface area contributed by atoms with Crippen LogP contribution in [0.5, 0.6) is 6.01 Å². The fourth-order valence-corrected chi connectivity index (χ4v) is 4.85. The summed E-state index contributed by atoms with van der Waals surface area (Å²) in [5.74, 6) is -2.80. The summed E-state index contributed by atoms with van der Waals surface area (Å²) in [6.07, 6.45) is 6.03. The van der Waals surface area contributed by atoms with Gasteiger partial charge in [0, 0.05) is 46.9 Å². The Morgan fingerprint density at radius 1 is 0.946 bits per heavy atom. The molecule has 2 aromatic carbocycles. The van der Waals surface area contributed by atoms with Gasteiger partial charge < -0.3 is 9.72 Å². The van der Waals surface area contributed by atoms with E-state index in [1.807, 2.05) is 4.72 Å². The summed E-state index contributed by atoms with van der Waals surface area (Å²) in [6, 6.07) is 10.3. The Bertz CT molecular complexity index is 1760. The number of sulfonamides is 1. The van der Waals surface area contributed by atoms with Crippen molar-refractivity contribution in [2.24, 2.45) is 0 Å². The molecule has 0 fully saturated rings. The molecule has 0 saturated heterocycles. The predicted octanol–water partition coefficient (Wildman–Crippen LogP) is 4.34. The normalized spacial score (nSPS) is 11.4. The van der Waals surface area contributed by atoms with Crippen LogP contribution in [0.3, 0.4) is 0 Å². The molecular weight excluding hydrogens is 504 g/mol. The van der Waals surface area contributed by atoms with E-state index >= 15 is 4.39 Å². The third-order valence-corrected chi connectivity index (χ3v) is 6.93. The maximum absolute atomic E-state index is 15.4. The van der Waals surface area contributed by atoms with Gasteiger partial charge in [0.25, 0.3) is 10.0 Å². The highest BCUT2D eigenvalue weighted by Crippen LogP contribution is 2.29. The van der Waals surface area contributed by atoms with Crippen LogP contribution in [0.25, 0.3) is 22.2 Å². The lowest BCUT2D eigenvalue weighted by atomic mass is 10.0. The fraction of sp³-hybridized carbons (Fsp3) is 0.0400.